The molecule has 95 heavy (non-hydrogen) atoms. The third-order valence-corrected chi connectivity index (χ3v) is 16.3. The summed E-state index contributed by atoms with van der Waals surface area (Å²) in [7, 11) is 10.8. The van der Waals surface area contributed by atoms with Gasteiger partial charge in [-0.3, -0.25) is 62.4 Å². The number of amides is 11. The highest BCUT2D eigenvalue weighted by Gasteiger charge is 2.47. The Morgan fingerprint density at radius 2 is 0.958 bits per heavy atom. The van der Waals surface area contributed by atoms with Crippen LogP contribution in [0.25, 0.3) is 0 Å². The van der Waals surface area contributed by atoms with E-state index < -0.39 is 180 Å². The van der Waals surface area contributed by atoms with E-state index in [4.69, 9.17) is 14.2 Å². The molecule has 0 saturated heterocycles. The Hall–Kier alpha value is -7.39. The summed E-state index contributed by atoms with van der Waals surface area (Å²) in [6.07, 6.45) is 2.11. The number of rotatable bonds is 37. The van der Waals surface area contributed by atoms with Crippen molar-refractivity contribution in [3.63, 3.8) is 0 Å². The fraction of sp³-hybridized carbons (Fsp3) is 0.776. The molecule has 0 aromatic carbocycles. The lowest BCUT2D eigenvalue weighted by Crippen LogP contribution is -2.64. The van der Waals surface area contributed by atoms with Gasteiger partial charge in [-0.1, -0.05) is 95.2 Å². The van der Waals surface area contributed by atoms with Gasteiger partial charge in [0.25, 0.3) is 0 Å². The van der Waals surface area contributed by atoms with Crippen LogP contribution in [0.4, 0.5) is 4.79 Å². The molecule has 0 bridgehead atoms. The Kier molecular flexibility index (Phi) is 37.1. The van der Waals surface area contributed by atoms with Crippen molar-refractivity contribution in [2.45, 2.75) is 236 Å². The first kappa shape index (κ1) is 87.6. The number of allylic oxidation sites excluding steroid dienone is 2. The molecule has 0 rings (SSSR count). The van der Waals surface area contributed by atoms with Crippen molar-refractivity contribution in [3.05, 3.63) is 12.2 Å². The smallest absolute Gasteiger partial charge is 0.410 e. The SMILES string of the molecule is C/C=C/C[C@@H](C)[C@@H](OC(C)=O)[C@@H](C(=O)N[C@@H](CC)C(=O)N(C)CC(=O)OC)N(C)C(=O)[C@H](C(C)C)N(C)C(=O)[C@H](CC(C)C)N(C)C(=O)[C@H](CC(C)C)N(C)C(=O)[C@@H](C)NC(=O)[C@H](C)NC(=O)[C@H](CC(C)C)N(C)C(=O)[C@@H](NC(=O)[C@H](CO)N(C)C(=O)OC(C)(C)C)C(C)C. The third-order valence-electron chi connectivity index (χ3n) is 16.3. The van der Waals surface area contributed by atoms with Crippen LogP contribution in [0.3, 0.4) is 0 Å². The summed E-state index contributed by atoms with van der Waals surface area (Å²) in [5.41, 5.74) is -0.905. The van der Waals surface area contributed by atoms with Crippen molar-refractivity contribution in [2.75, 3.05) is 69.6 Å². The molecule has 28 nitrogen and oxygen atoms in total. The van der Waals surface area contributed by atoms with Crippen LogP contribution in [0, 0.1) is 35.5 Å². The van der Waals surface area contributed by atoms with Gasteiger partial charge in [0.15, 0.2) is 0 Å². The highest BCUT2D eigenvalue weighted by Crippen LogP contribution is 2.27. The second-order valence-electron chi connectivity index (χ2n) is 27.9. The number of aliphatic hydroxyl groups excluding tert-OH is 1. The van der Waals surface area contributed by atoms with E-state index in [0.29, 0.717) is 6.42 Å². The number of carbonyl (C=O) groups is 13. The molecule has 12 atom stereocenters. The molecular formula is C67H119N11O17. The first-order chi connectivity index (χ1) is 43.7. The van der Waals surface area contributed by atoms with Crippen molar-refractivity contribution >= 4 is 77.1 Å². The average Bonchev–Trinajstić information content (AvgIpc) is 0.803. The van der Waals surface area contributed by atoms with Gasteiger partial charge in [-0.2, -0.15) is 0 Å². The van der Waals surface area contributed by atoms with Crippen LogP contribution >= 0.6 is 0 Å². The van der Waals surface area contributed by atoms with Crippen LogP contribution < -0.4 is 21.3 Å². The molecular weight excluding hydrogens is 1230 g/mol. The molecule has 0 fully saturated rings. The van der Waals surface area contributed by atoms with Gasteiger partial charge in [-0.05, 0) is 109 Å². The molecule has 0 aromatic heterocycles. The molecule has 0 aliphatic heterocycles. The van der Waals surface area contributed by atoms with Gasteiger partial charge in [-0.15, -0.1) is 0 Å². The van der Waals surface area contributed by atoms with E-state index in [2.05, 4.69) is 21.3 Å². The topological polar surface area (TPSA) is 341 Å². The van der Waals surface area contributed by atoms with Crippen LogP contribution in [-0.4, -0.2) is 258 Å². The van der Waals surface area contributed by atoms with E-state index in [0.717, 1.165) is 21.6 Å². The Morgan fingerprint density at radius 3 is 1.39 bits per heavy atom. The molecule has 0 aromatic rings. The molecule has 0 spiro atoms. The lowest BCUT2D eigenvalue weighted by molar-refractivity contribution is -0.164. The summed E-state index contributed by atoms with van der Waals surface area (Å²) in [5, 5.41) is 20.8. The van der Waals surface area contributed by atoms with Gasteiger partial charge < -0.3 is 70.0 Å². The molecule has 0 aliphatic rings. The normalized spacial score (nSPS) is 15.5. The van der Waals surface area contributed by atoms with E-state index in [1.807, 2.05) is 41.5 Å². The first-order valence-corrected chi connectivity index (χ1v) is 32.9. The van der Waals surface area contributed by atoms with Crippen LogP contribution in [0.5, 0.6) is 0 Å². The largest absolute Gasteiger partial charge is 0.468 e. The van der Waals surface area contributed by atoms with E-state index in [9.17, 15) is 53.1 Å². The van der Waals surface area contributed by atoms with E-state index in [1.54, 1.807) is 81.4 Å². The molecule has 0 aliphatic carbocycles. The van der Waals surface area contributed by atoms with E-state index in [1.165, 1.54) is 89.9 Å². The van der Waals surface area contributed by atoms with Crippen molar-refractivity contribution in [2.24, 2.45) is 35.5 Å². The zero-order chi connectivity index (χ0) is 74.2. The summed E-state index contributed by atoms with van der Waals surface area (Å²) in [6, 6.07) is -12.9. The Balaban J connectivity index is 7.16. The molecule has 28 heteroatoms. The first-order valence-electron chi connectivity index (χ1n) is 32.9. The summed E-state index contributed by atoms with van der Waals surface area (Å²) >= 11 is 0. The van der Waals surface area contributed by atoms with Gasteiger partial charge in [0.2, 0.25) is 59.1 Å². The highest BCUT2D eigenvalue weighted by atomic mass is 16.6. The van der Waals surface area contributed by atoms with Gasteiger partial charge >= 0.3 is 18.0 Å². The molecule has 0 unspecified atom stereocenters. The summed E-state index contributed by atoms with van der Waals surface area (Å²) in [6.45, 7) is 30.6. The number of nitrogens with one attached hydrogen (secondary N) is 4. The second-order valence-corrected chi connectivity index (χ2v) is 27.9. The Morgan fingerprint density at radius 1 is 0.505 bits per heavy atom. The van der Waals surface area contributed by atoms with E-state index >= 15 is 14.4 Å². The maximum absolute atomic E-state index is 15.3. The van der Waals surface area contributed by atoms with E-state index in [-0.39, 0.29) is 43.4 Å². The van der Waals surface area contributed by atoms with Gasteiger partial charge in [0.1, 0.15) is 78.7 Å². The third kappa shape index (κ3) is 27.0. The average molecular weight is 1350 g/mol. The van der Waals surface area contributed by atoms with Crippen molar-refractivity contribution in [1.82, 2.24) is 55.6 Å². The molecule has 0 saturated carbocycles. The summed E-state index contributed by atoms with van der Waals surface area (Å²) in [5.74, 6) is -11.0. The Bertz CT molecular complexity index is 2640. The zero-order valence-electron chi connectivity index (χ0n) is 62.0. The summed E-state index contributed by atoms with van der Waals surface area (Å²) < 4.78 is 15.9. The standard InChI is InChI=1S/C67H119N11O17/c1-28-30-31-42(13)55(94-45(16)80)54(59(85)70-46(29-2)61(87)72(20)35-51(81)93-27)78(26)65(91)53(41(11)12)77(25)63(89)49(34-39(7)8)75(23)62(88)48(33-38(5)6)74(22)60(86)44(15)69-56(82)43(14)68-57(83)47(32-37(3)4)73(21)64(90)52(40(9)10)71-58(84)50(36-79)76(24)66(92)95-67(17,18)19/h28,30,37-44,46-50,52-55,79H,29,31-36H2,1-27H3,(H,68,83)(H,69,82)(H,70,85)(H,71,84)/b30-28+/t42-,43+,44-,46+,47+,48+,49+,50+,52+,53+,54+,55-/m1/s1. The number of ether oxygens (including phenoxy) is 3. The van der Waals surface area contributed by atoms with Crippen LogP contribution in [0.15, 0.2) is 12.2 Å². The monoisotopic (exact) mass is 1350 g/mol. The number of nitrogens with zero attached hydrogens (tertiary/aromatic N) is 7. The minimum atomic E-state index is -1.57. The highest BCUT2D eigenvalue weighted by molar-refractivity contribution is 5.99. The Labute approximate surface area is 565 Å². The molecule has 5 N–H and O–H groups in total. The zero-order valence-corrected chi connectivity index (χ0v) is 62.0. The minimum Gasteiger partial charge on any atom is -0.468 e. The predicted octanol–water partition coefficient (Wildman–Crippen LogP) is 3.35. The van der Waals surface area contributed by atoms with Crippen LogP contribution in [0.2, 0.25) is 0 Å². The maximum Gasteiger partial charge on any atom is 0.410 e. The number of hydrogen-bond acceptors (Lipinski definition) is 17. The molecule has 11 amide bonds. The second kappa shape index (κ2) is 40.2. The molecule has 0 heterocycles. The fourth-order valence-corrected chi connectivity index (χ4v) is 10.8. The number of esters is 2. The van der Waals surface area contributed by atoms with Gasteiger partial charge in [0.05, 0.1) is 13.7 Å². The number of likely N-dealkylation sites (N-methyl/N-ethyl adjacent to an activating group) is 7. The fourth-order valence-electron chi connectivity index (χ4n) is 10.8. The van der Waals surface area contributed by atoms with Crippen molar-refractivity contribution in [1.29, 1.82) is 0 Å². The maximum atomic E-state index is 15.3. The number of methoxy groups -OCH3 is 1. The van der Waals surface area contributed by atoms with Gasteiger partial charge in [0, 0.05) is 56.3 Å². The lowest BCUT2D eigenvalue weighted by Gasteiger charge is -2.42. The van der Waals surface area contributed by atoms with Crippen molar-refractivity contribution < 1.29 is 81.6 Å². The predicted molar refractivity (Wildman–Crippen MR) is 359 cm³/mol. The summed E-state index contributed by atoms with van der Waals surface area (Å²) in [4.78, 5) is 190. The van der Waals surface area contributed by atoms with Crippen molar-refractivity contribution in [3.8, 4) is 0 Å². The van der Waals surface area contributed by atoms with Crippen LogP contribution in [-0.2, 0) is 71.7 Å². The quantitative estimate of drug-likeness (QED) is 0.0338. The van der Waals surface area contributed by atoms with Gasteiger partial charge in [-0.25, -0.2) is 4.79 Å². The number of carbonyl (C=O) groups excluding carboxylic acids is 13. The minimum absolute atomic E-state index is 0.0631. The molecule has 544 valence electrons. The lowest BCUT2D eigenvalue weighted by atomic mass is 9.91. The number of hydrogen-bond donors (Lipinski definition) is 5. The molecule has 0 radical (unpaired) electrons. The number of aliphatic hydroxyl groups is 1. The van der Waals surface area contributed by atoms with Crippen LogP contribution in [0.1, 0.15) is 164 Å².